The van der Waals surface area contributed by atoms with Crippen LogP contribution in [0.25, 0.3) is 0 Å². The van der Waals surface area contributed by atoms with Gasteiger partial charge in [0.25, 0.3) is 0 Å². The van der Waals surface area contributed by atoms with E-state index in [1.165, 1.54) is 19.4 Å². The quantitative estimate of drug-likeness (QED) is 0.539. The van der Waals surface area contributed by atoms with Crippen LogP contribution in [-0.2, 0) is 0 Å². The molecule has 0 aliphatic carbocycles. The van der Waals surface area contributed by atoms with Crippen LogP contribution in [0.4, 0.5) is 0 Å². The molecule has 0 aromatic heterocycles. The lowest BCUT2D eigenvalue weighted by atomic mass is 10.0. The largest absolute Gasteiger partial charge is 0.359 e. The first kappa shape index (κ1) is 11.5. The Balaban J connectivity index is 2.51. The van der Waals surface area contributed by atoms with Crippen molar-refractivity contribution in [1.29, 1.82) is 5.41 Å². The van der Waals surface area contributed by atoms with Crippen molar-refractivity contribution >= 4 is 5.84 Å². The molecule has 3 nitrogen and oxygen atoms in total. The molecule has 82 valence electrons. The van der Waals surface area contributed by atoms with Crippen LogP contribution in [0.5, 0.6) is 0 Å². The summed E-state index contributed by atoms with van der Waals surface area (Å²) < 4.78 is 0. The molecule has 0 spiro atoms. The predicted octanol–water partition coefficient (Wildman–Crippen LogP) is 1.65. The summed E-state index contributed by atoms with van der Waals surface area (Å²) in [4.78, 5) is 4.51. The van der Waals surface area contributed by atoms with Crippen LogP contribution in [0.3, 0.4) is 0 Å². The molecular weight excluding hydrogens is 174 g/mol. The topological polar surface area (TPSA) is 30.3 Å². The van der Waals surface area contributed by atoms with Gasteiger partial charge < -0.3 is 9.80 Å². The van der Waals surface area contributed by atoms with E-state index >= 15 is 0 Å². The van der Waals surface area contributed by atoms with Crippen LogP contribution >= 0.6 is 0 Å². The third kappa shape index (κ3) is 2.71. The molecule has 0 amide bonds. The highest BCUT2D eigenvalue weighted by Gasteiger charge is 2.23. The minimum atomic E-state index is 0.340. The predicted molar refractivity (Wildman–Crippen MR) is 60.8 cm³/mol. The van der Waals surface area contributed by atoms with Gasteiger partial charge in [0.05, 0.1) is 5.84 Å². The first-order chi connectivity index (χ1) is 6.52. The fourth-order valence-electron chi connectivity index (χ4n) is 2.06. The van der Waals surface area contributed by atoms with E-state index in [0.717, 1.165) is 12.4 Å². The van der Waals surface area contributed by atoms with Crippen LogP contribution in [0.2, 0.25) is 0 Å². The molecule has 0 radical (unpaired) electrons. The number of nitrogens with one attached hydrogen (secondary N) is 1. The van der Waals surface area contributed by atoms with Crippen molar-refractivity contribution in [2.24, 2.45) is 5.92 Å². The number of amidine groups is 1. The fourth-order valence-corrected chi connectivity index (χ4v) is 2.06. The maximum Gasteiger partial charge on any atom is 0.0984 e. The zero-order valence-corrected chi connectivity index (χ0v) is 9.88. The van der Waals surface area contributed by atoms with Crippen LogP contribution in [0, 0.1) is 11.3 Å². The Kier molecular flexibility index (Phi) is 3.93. The van der Waals surface area contributed by atoms with E-state index in [0.29, 0.717) is 12.0 Å². The molecule has 1 heterocycles. The van der Waals surface area contributed by atoms with E-state index in [2.05, 4.69) is 37.7 Å². The van der Waals surface area contributed by atoms with Gasteiger partial charge in [-0.2, -0.15) is 0 Å². The van der Waals surface area contributed by atoms with Crippen LogP contribution in [0.15, 0.2) is 0 Å². The van der Waals surface area contributed by atoms with Crippen molar-refractivity contribution in [3.8, 4) is 0 Å². The lowest BCUT2D eigenvalue weighted by Crippen LogP contribution is -2.48. The van der Waals surface area contributed by atoms with E-state index < -0.39 is 0 Å². The van der Waals surface area contributed by atoms with Gasteiger partial charge in [0.1, 0.15) is 0 Å². The third-order valence-corrected chi connectivity index (χ3v) is 3.07. The number of rotatable bonds is 2. The van der Waals surface area contributed by atoms with Crippen LogP contribution in [-0.4, -0.2) is 48.9 Å². The number of hydrogen-bond acceptors (Lipinski definition) is 2. The standard InChI is InChI=1S/C11H23N3/c1-9(2)11(12)14(4)10-6-5-7-13(3)8-10/h9-10,12H,5-8H2,1-4H3. The van der Waals surface area contributed by atoms with Crippen molar-refractivity contribution in [2.45, 2.75) is 32.7 Å². The van der Waals surface area contributed by atoms with Gasteiger partial charge in [0.2, 0.25) is 0 Å². The Morgan fingerprint density at radius 2 is 2.14 bits per heavy atom. The summed E-state index contributed by atoms with van der Waals surface area (Å²) in [5, 5.41) is 7.96. The van der Waals surface area contributed by atoms with E-state index in [1.54, 1.807) is 0 Å². The van der Waals surface area contributed by atoms with Crippen molar-refractivity contribution in [2.75, 3.05) is 27.2 Å². The lowest BCUT2D eigenvalue weighted by Gasteiger charge is -2.38. The monoisotopic (exact) mass is 197 g/mol. The molecule has 1 unspecified atom stereocenters. The van der Waals surface area contributed by atoms with Crippen LogP contribution in [0.1, 0.15) is 26.7 Å². The van der Waals surface area contributed by atoms with Gasteiger partial charge in [0, 0.05) is 25.6 Å². The minimum Gasteiger partial charge on any atom is -0.359 e. The molecular formula is C11H23N3. The molecule has 0 saturated carbocycles. The SMILES string of the molecule is CC(C)C(=N)N(C)C1CCCN(C)C1. The lowest BCUT2D eigenvalue weighted by molar-refractivity contribution is 0.178. The maximum absolute atomic E-state index is 7.96. The second kappa shape index (κ2) is 4.78. The average Bonchev–Trinajstić information content (AvgIpc) is 2.15. The highest BCUT2D eigenvalue weighted by molar-refractivity contribution is 5.81. The number of piperidine rings is 1. The van der Waals surface area contributed by atoms with E-state index in [4.69, 9.17) is 5.41 Å². The highest BCUT2D eigenvalue weighted by Crippen LogP contribution is 2.15. The molecule has 1 aliphatic rings. The summed E-state index contributed by atoms with van der Waals surface area (Å²) in [5.74, 6) is 1.11. The van der Waals surface area contributed by atoms with Gasteiger partial charge in [-0.25, -0.2) is 0 Å². The Labute approximate surface area is 87.6 Å². The number of hydrogen-bond donors (Lipinski definition) is 1. The van der Waals surface area contributed by atoms with Crippen molar-refractivity contribution < 1.29 is 0 Å². The highest BCUT2D eigenvalue weighted by atomic mass is 15.2. The van der Waals surface area contributed by atoms with Gasteiger partial charge in [-0.3, -0.25) is 5.41 Å². The number of nitrogens with zero attached hydrogens (tertiary/aromatic N) is 2. The maximum atomic E-state index is 7.96. The van der Waals surface area contributed by atoms with Crippen molar-refractivity contribution in [1.82, 2.24) is 9.80 Å². The Morgan fingerprint density at radius 1 is 1.50 bits per heavy atom. The molecule has 1 N–H and O–H groups in total. The summed E-state index contributed by atoms with van der Waals surface area (Å²) in [6, 6.07) is 0.545. The zero-order valence-electron chi connectivity index (χ0n) is 9.88. The summed E-state index contributed by atoms with van der Waals surface area (Å²) in [6.45, 7) is 6.49. The molecule has 1 saturated heterocycles. The molecule has 0 aromatic carbocycles. The Hall–Kier alpha value is -0.570. The van der Waals surface area contributed by atoms with Crippen molar-refractivity contribution in [3.63, 3.8) is 0 Å². The molecule has 14 heavy (non-hydrogen) atoms. The molecule has 3 heteroatoms. The van der Waals surface area contributed by atoms with E-state index in [9.17, 15) is 0 Å². The van der Waals surface area contributed by atoms with Gasteiger partial charge >= 0.3 is 0 Å². The molecule has 0 bridgehead atoms. The van der Waals surface area contributed by atoms with Gasteiger partial charge in [-0.15, -0.1) is 0 Å². The normalized spacial score (nSPS) is 23.9. The molecule has 1 fully saturated rings. The van der Waals surface area contributed by atoms with E-state index in [-0.39, 0.29) is 0 Å². The molecule has 1 atom stereocenters. The second-order valence-electron chi connectivity index (χ2n) is 4.71. The third-order valence-electron chi connectivity index (χ3n) is 3.07. The number of likely N-dealkylation sites (tertiary alicyclic amines) is 1. The van der Waals surface area contributed by atoms with Gasteiger partial charge in [0.15, 0.2) is 0 Å². The molecule has 1 aliphatic heterocycles. The number of likely N-dealkylation sites (N-methyl/N-ethyl adjacent to an activating group) is 2. The minimum absolute atomic E-state index is 0.340. The van der Waals surface area contributed by atoms with Gasteiger partial charge in [-0.1, -0.05) is 13.8 Å². The average molecular weight is 197 g/mol. The van der Waals surface area contributed by atoms with Crippen LogP contribution < -0.4 is 0 Å². The first-order valence-electron chi connectivity index (χ1n) is 5.52. The summed E-state index contributed by atoms with van der Waals surface area (Å²) in [7, 11) is 4.23. The first-order valence-corrected chi connectivity index (χ1v) is 5.52. The Morgan fingerprint density at radius 3 is 2.64 bits per heavy atom. The molecule has 0 aromatic rings. The fraction of sp³-hybridized carbons (Fsp3) is 0.909. The Bertz CT molecular complexity index is 201. The van der Waals surface area contributed by atoms with Crippen molar-refractivity contribution in [3.05, 3.63) is 0 Å². The van der Waals surface area contributed by atoms with E-state index in [1.807, 2.05) is 0 Å². The summed E-state index contributed by atoms with van der Waals surface area (Å²) >= 11 is 0. The summed E-state index contributed by atoms with van der Waals surface area (Å²) in [5.41, 5.74) is 0. The zero-order chi connectivity index (χ0) is 10.7. The van der Waals surface area contributed by atoms with Gasteiger partial charge in [-0.05, 0) is 26.4 Å². The smallest absolute Gasteiger partial charge is 0.0984 e. The summed E-state index contributed by atoms with van der Waals surface area (Å²) in [6.07, 6.45) is 2.49. The second-order valence-corrected chi connectivity index (χ2v) is 4.71. The molecule has 1 rings (SSSR count).